The second kappa shape index (κ2) is 24.0. The number of methoxy groups -OCH3 is 2. The van der Waals surface area contributed by atoms with Gasteiger partial charge in [0.25, 0.3) is 0 Å². The Balaban J connectivity index is -0.000000131. The molecular formula is C12H29I2N2O5P. The van der Waals surface area contributed by atoms with Gasteiger partial charge in [0.05, 0.1) is 20.8 Å². The second-order valence-electron chi connectivity index (χ2n) is 4.08. The molecular weight excluding hydrogens is 537 g/mol. The third-order valence-corrected chi connectivity index (χ3v) is 3.29. The van der Waals surface area contributed by atoms with Crippen molar-refractivity contribution in [3.05, 3.63) is 0 Å². The minimum Gasteiger partial charge on any atom is -0.468 e. The summed E-state index contributed by atoms with van der Waals surface area (Å²) in [5, 5.41) is 2.82. The van der Waals surface area contributed by atoms with Crippen LogP contribution in [0, 0.1) is 0 Å². The van der Waals surface area contributed by atoms with Gasteiger partial charge in [0.2, 0.25) is 0 Å². The zero-order chi connectivity index (χ0) is 17.3. The smallest absolute Gasteiger partial charge is 0.322 e. The predicted octanol–water partition coefficient (Wildman–Crippen LogP) is 1.33. The average molecular weight is 566 g/mol. The van der Waals surface area contributed by atoms with Crippen molar-refractivity contribution in [3.63, 3.8) is 0 Å². The molecule has 1 atom stereocenters. The molecule has 7 nitrogen and oxygen atoms in total. The summed E-state index contributed by atoms with van der Waals surface area (Å²) >= 11 is 4.24. The number of carbonyl (C=O) groups excluding carboxylic acids is 2. The van der Waals surface area contributed by atoms with E-state index in [4.69, 9.17) is 5.73 Å². The van der Waals surface area contributed by atoms with Crippen molar-refractivity contribution in [3.8, 4) is 0 Å². The standard InChI is InChI=1S/C7H16NO2P.C5H11NO2.I2.H2O/c1-10-7(9)6(8)4-5-11(2)3;1-3-6-4-5(7)8-2;1-2;/h6H,4-5,8H2,1-3H3;6H,3-4H2,1-2H3;;1H2. The van der Waals surface area contributed by atoms with Crippen molar-refractivity contribution >= 4 is 57.1 Å². The third-order valence-electron chi connectivity index (χ3n) is 2.14. The van der Waals surface area contributed by atoms with E-state index in [9.17, 15) is 9.59 Å². The summed E-state index contributed by atoms with van der Waals surface area (Å²) in [7, 11) is 2.79. The Bertz CT molecular complexity index is 262. The van der Waals surface area contributed by atoms with Crippen LogP contribution in [-0.4, -0.2) is 70.3 Å². The largest absolute Gasteiger partial charge is 0.468 e. The third kappa shape index (κ3) is 25.7. The van der Waals surface area contributed by atoms with Gasteiger partial charge in [-0.25, -0.2) is 0 Å². The first-order valence-corrected chi connectivity index (χ1v) is 15.0. The highest BCUT2D eigenvalue weighted by molar-refractivity contribution is 15.0. The van der Waals surface area contributed by atoms with Crippen molar-refractivity contribution in [1.29, 1.82) is 0 Å². The number of halogens is 2. The van der Waals surface area contributed by atoms with Gasteiger partial charge >= 0.3 is 11.9 Å². The van der Waals surface area contributed by atoms with Crippen LogP contribution in [0.3, 0.4) is 0 Å². The maximum atomic E-state index is 10.8. The molecule has 0 heterocycles. The lowest BCUT2D eigenvalue weighted by Gasteiger charge is -2.10. The highest BCUT2D eigenvalue weighted by Gasteiger charge is 2.12. The lowest BCUT2D eigenvalue weighted by molar-refractivity contribution is -0.142. The predicted molar refractivity (Wildman–Crippen MR) is 110 cm³/mol. The number of carbonyl (C=O) groups is 2. The molecule has 0 fully saturated rings. The van der Waals surface area contributed by atoms with Gasteiger partial charge < -0.3 is 26.0 Å². The normalized spacial score (nSPS) is 10.0. The SMILES string of the molecule is CCNCC(=O)OC.COC(=O)C(N)CCP(C)C.II.O. The fraction of sp³-hybridized carbons (Fsp3) is 0.833. The number of nitrogens with two attached hydrogens (primary N) is 1. The van der Waals surface area contributed by atoms with Crippen LogP contribution in [-0.2, 0) is 19.1 Å². The van der Waals surface area contributed by atoms with Crippen LogP contribution in [0.1, 0.15) is 13.3 Å². The Hall–Kier alpha value is 0.710. The van der Waals surface area contributed by atoms with E-state index in [0.29, 0.717) is 6.54 Å². The lowest BCUT2D eigenvalue weighted by atomic mass is 10.2. The van der Waals surface area contributed by atoms with Gasteiger partial charge in [-0.1, -0.05) is 6.92 Å². The molecule has 0 aliphatic rings. The van der Waals surface area contributed by atoms with E-state index in [2.05, 4.69) is 65.4 Å². The topological polar surface area (TPSA) is 122 Å². The van der Waals surface area contributed by atoms with E-state index in [1.807, 2.05) is 6.92 Å². The molecule has 0 rings (SSSR count). The second-order valence-corrected chi connectivity index (χ2v) is 6.68. The van der Waals surface area contributed by atoms with Gasteiger partial charge in [0, 0.05) is 37.2 Å². The Morgan fingerprint density at radius 2 is 1.73 bits per heavy atom. The number of likely N-dealkylation sites (N-methyl/N-ethyl adjacent to an activating group) is 1. The molecule has 0 aromatic carbocycles. The minimum absolute atomic E-state index is 0. The van der Waals surface area contributed by atoms with E-state index < -0.39 is 6.04 Å². The highest BCUT2D eigenvalue weighted by atomic mass is 128. The molecule has 22 heavy (non-hydrogen) atoms. The summed E-state index contributed by atoms with van der Waals surface area (Å²) in [5.41, 5.74) is 5.51. The maximum absolute atomic E-state index is 10.8. The Morgan fingerprint density at radius 3 is 2.05 bits per heavy atom. The molecule has 136 valence electrons. The summed E-state index contributed by atoms with van der Waals surface area (Å²) in [6, 6.07) is -0.426. The van der Waals surface area contributed by atoms with Crippen molar-refractivity contribution in [2.75, 3.05) is 46.8 Å². The van der Waals surface area contributed by atoms with Gasteiger partial charge in [-0.15, -0.1) is 7.92 Å². The van der Waals surface area contributed by atoms with Crippen LogP contribution in [0.5, 0.6) is 0 Å². The fourth-order valence-corrected chi connectivity index (χ4v) is 1.76. The van der Waals surface area contributed by atoms with E-state index in [0.717, 1.165) is 19.1 Å². The number of rotatable bonds is 7. The zero-order valence-electron chi connectivity index (χ0n) is 13.8. The first kappa shape index (κ1) is 30.6. The average Bonchev–Trinajstić information content (AvgIpc) is 2.51. The Morgan fingerprint density at radius 1 is 1.23 bits per heavy atom. The van der Waals surface area contributed by atoms with Gasteiger partial charge in [0.15, 0.2) is 0 Å². The minimum atomic E-state index is -0.426. The molecule has 1 unspecified atom stereocenters. The number of esters is 2. The first-order chi connectivity index (χ1) is 9.88. The highest BCUT2D eigenvalue weighted by Crippen LogP contribution is 2.25. The number of hydrogen-bond acceptors (Lipinski definition) is 6. The molecule has 0 saturated carbocycles. The van der Waals surface area contributed by atoms with Crippen molar-refractivity contribution in [2.45, 2.75) is 19.4 Å². The molecule has 0 radical (unpaired) electrons. The number of nitrogens with one attached hydrogen (secondary N) is 1. The Labute approximate surface area is 158 Å². The van der Waals surface area contributed by atoms with E-state index in [1.165, 1.54) is 14.2 Å². The zero-order valence-corrected chi connectivity index (χ0v) is 19.0. The van der Waals surface area contributed by atoms with Crippen LogP contribution >= 0.6 is 45.2 Å². The summed E-state index contributed by atoms with van der Waals surface area (Å²) < 4.78 is 8.84. The van der Waals surface area contributed by atoms with Gasteiger partial charge in [-0.3, -0.25) is 9.59 Å². The monoisotopic (exact) mass is 566 g/mol. The summed E-state index contributed by atoms with van der Waals surface area (Å²) in [4.78, 5) is 21.1. The summed E-state index contributed by atoms with van der Waals surface area (Å²) in [6.45, 7) is 7.38. The molecule has 0 aliphatic heterocycles. The molecule has 0 saturated heterocycles. The fourth-order valence-electron chi connectivity index (χ4n) is 0.966. The van der Waals surface area contributed by atoms with Crippen molar-refractivity contribution < 1.29 is 24.5 Å². The number of ether oxygens (including phenoxy) is 2. The molecule has 0 bridgehead atoms. The molecule has 0 spiro atoms. The molecule has 0 aliphatic carbocycles. The van der Waals surface area contributed by atoms with Crippen LogP contribution in [0.15, 0.2) is 0 Å². The van der Waals surface area contributed by atoms with Gasteiger partial charge in [0.1, 0.15) is 6.04 Å². The maximum Gasteiger partial charge on any atom is 0.322 e. The van der Waals surface area contributed by atoms with Crippen LogP contribution in [0.25, 0.3) is 0 Å². The Kier molecular flexibility index (Phi) is 33.3. The quantitative estimate of drug-likeness (QED) is 0.273. The van der Waals surface area contributed by atoms with Gasteiger partial charge in [-0.05, 0) is 32.5 Å². The molecule has 0 aromatic heterocycles. The van der Waals surface area contributed by atoms with E-state index >= 15 is 0 Å². The number of hydrogen-bond donors (Lipinski definition) is 2. The van der Waals surface area contributed by atoms with Crippen molar-refractivity contribution in [2.24, 2.45) is 5.73 Å². The van der Waals surface area contributed by atoms with Gasteiger partial charge in [-0.2, -0.15) is 0 Å². The lowest BCUT2D eigenvalue weighted by Crippen LogP contribution is -2.32. The van der Waals surface area contributed by atoms with Crippen molar-refractivity contribution in [1.82, 2.24) is 5.32 Å². The molecule has 10 heteroatoms. The van der Waals surface area contributed by atoms with E-state index in [1.54, 1.807) is 0 Å². The first-order valence-electron chi connectivity index (χ1n) is 6.28. The molecule has 0 aromatic rings. The molecule has 0 amide bonds. The van der Waals surface area contributed by atoms with E-state index in [-0.39, 0.29) is 25.3 Å². The molecule has 5 N–H and O–H groups in total. The summed E-state index contributed by atoms with van der Waals surface area (Å²) in [6.07, 6.45) is 1.77. The van der Waals surface area contributed by atoms with Crippen LogP contribution < -0.4 is 11.1 Å². The van der Waals surface area contributed by atoms with Crippen LogP contribution in [0.2, 0.25) is 0 Å². The summed E-state index contributed by atoms with van der Waals surface area (Å²) in [5.74, 6) is -0.520. The van der Waals surface area contributed by atoms with Crippen LogP contribution in [0.4, 0.5) is 0 Å².